The molecule has 0 saturated carbocycles. The van der Waals surface area contributed by atoms with Crippen molar-refractivity contribution in [2.75, 3.05) is 18.4 Å². The number of benzene rings is 1. The van der Waals surface area contributed by atoms with E-state index in [4.69, 9.17) is 0 Å². The molecule has 1 heterocycles. The molecule has 3 nitrogen and oxygen atoms in total. The van der Waals surface area contributed by atoms with Crippen LogP contribution in [0.25, 0.3) is 0 Å². The summed E-state index contributed by atoms with van der Waals surface area (Å²) < 4.78 is 0.975. The lowest BCUT2D eigenvalue weighted by Crippen LogP contribution is -2.48. The molecule has 1 aliphatic heterocycles. The molecule has 0 aliphatic carbocycles. The van der Waals surface area contributed by atoms with Gasteiger partial charge >= 0.3 is 0 Å². The van der Waals surface area contributed by atoms with Gasteiger partial charge in [0.1, 0.15) is 0 Å². The van der Waals surface area contributed by atoms with Gasteiger partial charge in [0.2, 0.25) is 5.91 Å². The van der Waals surface area contributed by atoms with Gasteiger partial charge in [-0.05, 0) is 37.2 Å². The molecule has 0 bridgehead atoms. The Morgan fingerprint density at radius 1 is 1.53 bits per heavy atom. The fourth-order valence-corrected chi connectivity index (χ4v) is 2.10. The van der Waals surface area contributed by atoms with E-state index >= 15 is 0 Å². The number of halogens is 2. The molecule has 1 fully saturated rings. The third-order valence-corrected chi connectivity index (χ3v) is 3.52. The van der Waals surface area contributed by atoms with Crippen molar-refractivity contribution in [2.24, 2.45) is 11.8 Å². The van der Waals surface area contributed by atoms with Gasteiger partial charge in [-0.25, -0.2) is 0 Å². The van der Waals surface area contributed by atoms with Crippen LogP contribution < -0.4 is 10.6 Å². The summed E-state index contributed by atoms with van der Waals surface area (Å²) in [6, 6.07) is 7.66. The molecule has 0 aromatic heterocycles. The normalized spacial score (nSPS) is 16.6. The predicted octanol–water partition coefficient (Wildman–Crippen LogP) is 2.66. The molecule has 1 aliphatic rings. The number of amides is 1. The lowest BCUT2D eigenvalue weighted by molar-refractivity contribution is -0.121. The fourth-order valence-electron chi connectivity index (χ4n) is 1.70. The SMILES string of the molecule is CC(C(=O)Nc1cccc(Br)c1)C1CNC1.Cl. The van der Waals surface area contributed by atoms with Crippen molar-refractivity contribution in [1.82, 2.24) is 5.32 Å². The molecule has 1 atom stereocenters. The Labute approximate surface area is 116 Å². The van der Waals surface area contributed by atoms with Gasteiger partial charge in [-0.2, -0.15) is 0 Å². The topological polar surface area (TPSA) is 41.1 Å². The lowest BCUT2D eigenvalue weighted by atomic mass is 9.88. The smallest absolute Gasteiger partial charge is 0.227 e. The Morgan fingerprint density at radius 2 is 2.24 bits per heavy atom. The molecule has 1 amide bonds. The summed E-state index contributed by atoms with van der Waals surface area (Å²) in [5.74, 6) is 0.650. The van der Waals surface area contributed by atoms with Crippen LogP contribution in [0.5, 0.6) is 0 Å². The van der Waals surface area contributed by atoms with Crippen LogP contribution in [0.1, 0.15) is 6.92 Å². The summed E-state index contributed by atoms with van der Waals surface area (Å²) >= 11 is 3.38. The van der Waals surface area contributed by atoms with Crippen LogP contribution in [0.3, 0.4) is 0 Å². The number of hydrogen-bond acceptors (Lipinski definition) is 2. The molecule has 94 valence electrons. The number of anilines is 1. The standard InChI is InChI=1S/C12H15BrN2O.ClH/c1-8(9-6-14-7-9)12(16)15-11-4-2-3-10(13)5-11;/h2-5,8-9,14H,6-7H2,1H3,(H,15,16);1H. The summed E-state index contributed by atoms with van der Waals surface area (Å²) in [4.78, 5) is 11.9. The Kier molecular flexibility index (Phi) is 5.43. The van der Waals surface area contributed by atoms with Gasteiger partial charge in [-0.3, -0.25) is 4.79 Å². The molecule has 0 radical (unpaired) electrons. The summed E-state index contributed by atoms with van der Waals surface area (Å²) in [6.45, 7) is 3.89. The second kappa shape index (κ2) is 6.38. The fraction of sp³-hybridized carbons (Fsp3) is 0.417. The Balaban J connectivity index is 0.00000144. The highest BCUT2D eigenvalue weighted by Gasteiger charge is 2.28. The highest BCUT2D eigenvalue weighted by atomic mass is 79.9. The highest BCUT2D eigenvalue weighted by Crippen LogP contribution is 2.20. The van der Waals surface area contributed by atoms with Crippen LogP contribution in [0.2, 0.25) is 0 Å². The van der Waals surface area contributed by atoms with Gasteiger partial charge in [0, 0.05) is 16.1 Å². The van der Waals surface area contributed by atoms with E-state index in [0.717, 1.165) is 23.2 Å². The van der Waals surface area contributed by atoms with Crippen LogP contribution in [0, 0.1) is 11.8 Å². The van der Waals surface area contributed by atoms with Crippen LogP contribution in [0.4, 0.5) is 5.69 Å². The van der Waals surface area contributed by atoms with Crippen molar-refractivity contribution in [3.63, 3.8) is 0 Å². The highest BCUT2D eigenvalue weighted by molar-refractivity contribution is 9.10. The van der Waals surface area contributed by atoms with Crippen molar-refractivity contribution in [1.29, 1.82) is 0 Å². The number of carbonyl (C=O) groups excluding carboxylic acids is 1. The maximum Gasteiger partial charge on any atom is 0.227 e. The maximum absolute atomic E-state index is 11.9. The quantitative estimate of drug-likeness (QED) is 0.899. The molecular formula is C12H16BrClN2O. The number of carbonyl (C=O) groups is 1. The first-order chi connectivity index (χ1) is 7.66. The summed E-state index contributed by atoms with van der Waals surface area (Å²) in [7, 11) is 0. The van der Waals surface area contributed by atoms with Gasteiger partial charge in [0.25, 0.3) is 0 Å². The largest absolute Gasteiger partial charge is 0.326 e. The Bertz CT molecular complexity index is 396. The minimum Gasteiger partial charge on any atom is -0.326 e. The zero-order valence-corrected chi connectivity index (χ0v) is 12.0. The zero-order chi connectivity index (χ0) is 11.5. The first-order valence-electron chi connectivity index (χ1n) is 5.44. The number of hydrogen-bond donors (Lipinski definition) is 2. The maximum atomic E-state index is 11.9. The second-order valence-corrected chi connectivity index (χ2v) is 5.12. The van der Waals surface area contributed by atoms with E-state index in [1.165, 1.54) is 0 Å². The van der Waals surface area contributed by atoms with Crippen molar-refractivity contribution in [3.8, 4) is 0 Å². The van der Waals surface area contributed by atoms with Crippen LogP contribution in [-0.2, 0) is 4.79 Å². The molecule has 0 spiro atoms. The summed E-state index contributed by atoms with van der Waals surface area (Å²) in [5, 5.41) is 6.12. The molecule has 1 saturated heterocycles. The van der Waals surface area contributed by atoms with E-state index < -0.39 is 0 Å². The minimum atomic E-state index is 0. The number of nitrogens with one attached hydrogen (secondary N) is 2. The van der Waals surface area contributed by atoms with Gasteiger partial charge in [0.05, 0.1) is 0 Å². The van der Waals surface area contributed by atoms with E-state index in [1.54, 1.807) is 0 Å². The van der Waals surface area contributed by atoms with Crippen LogP contribution in [0.15, 0.2) is 28.7 Å². The molecule has 2 N–H and O–H groups in total. The van der Waals surface area contributed by atoms with Gasteiger partial charge < -0.3 is 10.6 Å². The van der Waals surface area contributed by atoms with E-state index in [0.29, 0.717) is 5.92 Å². The summed E-state index contributed by atoms with van der Waals surface area (Å²) in [6.07, 6.45) is 0. The van der Waals surface area contributed by atoms with Crippen molar-refractivity contribution < 1.29 is 4.79 Å². The van der Waals surface area contributed by atoms with Crippen LogP contribution in [-0.4, -0.2) is 19.0 Å². The average molecular weight is 320 g/mol. The third kappa shape index (κ3) is 3.69. The molecule has 2 rings (SSSR count). The van der Waals surface area contributed by atoms with Gasteiger partial charge in [-0.15, -0.1) is 12.4 Å². The first-order valence-corrected chi connectivity index (χ1v) is 6.23. The molecule has 5 heteroatoms. The average Bonchev–Trinajstić information content (AvgIpc) is 2.14. The molecule has 17 heavy (non-hydrogen) atoms. The first kappa shape index (κ1) is 14.5. The van der Waals surface area contributed by atoms with Crippen molar-refractivity contribution >= 4 is 39.9 Å². The van der Waals surface area contributed by atoms with Crippen LogP contribution >= 0.6 is 28.3 Å². The molecule has 1 aromatic carbocycles. The van der Waals surface area contributed by atoms with E-state index in [9.17, 15) is 4.79 Å². The van der Waals surface area contributed by atoms with Gasteiger partial charge in [-0.1, -0.05) is 28.9 Å². The molecular weight excluding hydrogens is 304 g/mol. The second-order valence-electron chi connectivity index (χ2n) is 4.21. The van der Waals surface area contributed by atoms with Gasteiger partial charge in [0.15, 0.2) is 0 Å². The van der Waals surface area contributed by atoms with E-state index in [2.05, 4.69) is 26.6 Å². The third-order valence-electron chi connectivity index (χ3n) is 3.03. The molecule has 1 unspecified atom stereocenters. The lowest BCUT2D eigenvalue weighted by Gasteiger charge is -2.31. The van der Waals surface area contributed by atoms with E-state index in [1.807, 2.05) is 31.2 Å². The van der Waals surface area contributed by atoms with E-state index in [-0.39, 0.29) is 24.2 Å². The number of rotatable bonds is 3. The predicted molar refractivity (Wildman–Crippen MR) is 75.5 cm³/mol. The zero-order valence-electron chi connectivity index (χ0n) is 9.57. The monoisotopic (exact) mass is 318 g/mol. The minimum absolute atomic E-state index is 0. The Hall–Kier alpha value is -0.580. The summed E-state index contributed by atoms with van der Waals surface area (Å²) in [5.41, 5.74) is 0.846. The molecule has 1 aromatic rings. The van der Waals surface area contributed by atoms with Crippen molar-refractivity contribution in [3.05, 3.63) is 28.7 Å². The van der Waals surface area contributed by atoms with Crippen molar-refractivity contribution in [2.45, 2.75) is 6.92 Å². The Morgan fingerprint density at radius 3 is 2.76 bits per heavy atom.